The monoisotopic (exact) mass is 336 g/mol. The van der Waals surface area contributed by atoms with Crippen molar-refractivity contribution >= 4 is 11.9 Å². The summed E-state index contributed by atoms with van der Waals surface area (Å²) in [5.41, 5.74) is 0. The van der Waals surface area contributed by atoms with Gasteiger partial charge < -0.3 is 24.4 Å². The first-order valence-corrected chi connectivity index (χ1v) is 7.45. The van der Waals surface area contributed by atoms with E-state index in [0.717, 1.165) is 0 Å². The molecule has 0 aliphatic carbocycles. The second kappa shape index (κ2) is 14.3. The SMILES string of the molecule is CN(CCOCCOCCOCCN(C)CC(=O)O)CC(=O)O. The molecule has 0 unspecified atom stereocenters. The predicted octanol–water partition coefficient (Wildman–Crippen LogP) is -0.931. The molecular weight excluding hydrogens is 308 g/mol. The molecule has 23 heavy (non-hydrogen) atoms. The van der Waals surface area contributed by atoms with E-state index in [4.69, 9.17) is 24.4 Å². The molecule has 0 atom stereocenters. The second-order valence-corrected chi connectivity index (χ2v) is 5.10. The van der Waals surface area contributed by atoms with Gasteiger partial charge in [0.1, 0.15) is 0 Å². The summed E-state index contributed by atoms with van der Waals surface area (Å²) in [5, 5.41) is 17.1. The molecule has 136 valence electrons. The lowest BCUT2D eigenvalue weighted by Crippen LogP contribution is -2.29. The number of likely N-dealkylation sites (N-methyl/N-ethyl adjacent to an activating group) is 2. The highest BCUT2D eigenvalue weighted by atomic mass is 16.5. The lowest BCUT2D eigenvalue weighted by molar-refractivity contribution is -0.139. The number of ether oxygens (including phenoxy) is 3. The maximum atomic E-state index is 10.4. The van der Waals surface area contributed by atoms with Crippen LogP contribution in [0.25, 0.3) is 0 Å². The van der Waals surface area contributed by atoms with Gasteiger partial charge in [-0.05, 0) is 14.1 Å². The highest BCUT2D eigenvalue weighted by Crippen LogP contribution is 1.86. The lowest BCUT2D eigenvalue weighted by Gasteiger charge is -2.14. The number of carboxylic acid groups (broad SMARTS) is 2. The highest BCUT2D eigenvalue weighted by Gasteiger charge is 2.04. The molecule has 0 aliphatic rings. The van der Waals surface area contributed by atoms with Crippen molar-refractivity contribution in [3.8, 4) is 0 Å². The lowest BCUT2D eigenvalue weighted by atomic mass is 10.5. The second-order valence-electron chi connectivity index (χ2n) is 5.10. The van der Waals surface area contributed by atoms with Crippen molar-refractivity contribution in [2.75, 3.05) is 79.9 Å². The maximum absolute atomic E-state index is 10.4. The fourth-order valence-corrected chi connectivity index (χ4v) is 1.60. The number of carbonyl (C=O) groups is 2. The summed E-state index contributed by atoms with van der Waals surface area (Å²) in [7, 11) is 3.44. The average Bonchev–Trinajstić information content (AvgIpc) is 2.43. The van der Waals surface area contributed by atoms with Gasteiger partial charge >= 0.3 is 11.9 Å². The van der Waals surface area contributed by atoms with E-state index in [2.05, 4.69) is 0 Å². The Bertz CT molecular complexity index is 298. The van der Waals surface area contributed by atoms with Crippen molar-refractivity contribution in [2.24, 2.45) is 0 Å². The van der Waals surface area contributed by atoms with Gasteiger partial charge in [0.2, 0.25) is 0 Å². The van der Waals surface area contributed by atoms with Crippen molar-refractivity contribution in [1.82, 2.24) is 9.80 Å². The minimum absolute atomic E-state index is 0.00114. The Morgan fingerprint density at radius 3 is 1.30 bits per heavy atom. The molecular formula is C14H28N2O7. The summed E-state index contributed by atoms with van der Waals surface area (Å²) in [6.07, 6.45) is 0. The minimum Gasteiger partial charge on any atom is -0.480 e. The van der Waals surface area contributed by atoms with Crippen molar-refractivity contribution in [3.05, 3.63) is 0 Å². The van der Waals surface area contributed by atoms with Crippen LogP contribution in [0.15, 0.2) is 0 Å². The molecule has 0 amide bonds. The third-order valence-corrected chi connectivity index (χ3v) is 2.79. The molecule has 0 radical (unpaired) electrons. The van der Waals surface area contributed by atoms with E-state index >= 15 is 0 Å². The minimum atomic E-state index is -0.856. The van der Waals surface area contributed by atoms with Crippen molar-refractivity contribution in [3.63, 3.8) is 0 Å². The van der Waals surface area contributed by atoms with Crippen molar-refractivity contribution in [1.29, 1.82) is 0 Å². The van der Waals surface area contributed by atoms with Gasteiger partial charge in [0.15, 0.2) is 0 Å². The van der Waals surface area contributed by atoms with Gasteiger partial charge in [-0.2, -0.15) is 0 Å². The largest absolute Gasteiger partial charge is 0.480 e. The zero-order chi connectivity index (χ0) is 17.5. The van der Waals surface area contributed by atoms with Crippen LogP contribution >= 0.6 is 0 Å². The molecule has 0 spiro atoms. The first-order chi connectivity index (χ1) is 10.9. The van der Waals surface area contributed by atoms with Crippen LogP contribution in [0, 0.1) is 0 Å². The normalized spacial score (nSPS) is 11.3. The highest BCUT2D eigenvalue weighted by molar-refractivity contribution is 5.69. The molecule has 9 nitrogen and oxygen atoms in total. The van der Waals surface area contributed by atoms with E-state index in [9.17, 15) is 9.59 Å². The van der Waals surface area contributed by atoms with E-state index in [1.165, 1.54) is 0 Å². The number of nitrogens with zero attached hydrogens (tertiary/aromatic N) is 2. The zero-order valence-corrected chi connectivity index (χ0v) is 13.9. The van der Waals surface area contributed by atoms with Gasteiger partial charge in [0.25, 0.3) is 0 Å². The van der Waals surface area contributed by atoms with Gasteiger partial charge in [-0.15, -0.1) is 0 Å². The molecule has 0 aromatic carbocycles. The smallest absolute Gasteiger partial charge is 0.317 e. The average molecular weight is 336 g/mol. The number of rotatable bonds is 16. The van der Waals surface area contributed by atoms with Crippen LogP contribution in [-0.4, -0.2) is 112 Å². The van der Waals surface area contributed by atoms with Crippen LogP contribution in [0.2, 0.25) is 0 Å². The molecule has 0 aromatic rings. The number of hydrogen-bond donors (Lipinski definition) is 2. The molecule has 2 N–H and O–H groups in total. The molecule has 0 fully saturated rings. The Balaban J connectivity index is 3.22. The molecule has 0 rings (SSSR count). The molecule has 0 saturated carbocycles. The third-order valence-electron chi connectivity index (χ3n) is 2.79. The van der Waals surface area contributed by atoms with E-state index in [1.807, 2.05) is 0 Å². The Hall–Kier alpha value is -1.26. The number of carboxylic acids is 2. The van der Waals surface area contributed by atoms with E-state index in [1.54, 1.807) is 23.9 Å². The Morgan fingerprint density at radius 1 is 0.696 bits per heavy atom. The first-order valence-electron chi connectivity index (χ1n) is 7.45. The Morgan fingerprint density at radius 2 is 1.00 bits per heavy atom. The van der Waals surface area contributed by atoms with Crippen LogP contribution in [0.3, 0.4) is 0 Å². The van der Waals surface area contributed by atoms with Crippen molar-refractivity contribution < 1.29 is 34.0 Å². The summed E-state index contributed by atoms with van der Waals surface area (Å²) in [4.78, 5) is 24.2. The molecule has 0 aromatic heterocycles. The van der Waals surface area contributed by atoms with Gasteiger partial charge in [-0.25, -0.2) is 0 Å². The summed E-state index contributed by atoms with van der Waals surface area (Å²) < 4.78 is 16.0. The van der Waals surface area contributed by atoms with E-state index in [-0.39, 0.29) is 13.1 Å². The van der Waals surface area contributed by atoms with Crippen LogP contribution < -0.4 is 0 Å². The van der Waals surface area contributed by atoms with Crippen LogP contribution in [0.5, 0.6) is 0 Å². The summed E-state index contributed by atoms with van der Waals surface area (Å²) >= 11 is 0. The van der Waals surface area contributed by atoms with Crippen molar-refractivity contribution in [2.45, 2.75) is 0 Å². The van der Waals surface area contributed by atoms with Crippen LogP contribution in [-0.2, 0) is 23.8 Å². The van der Waals surface area contributed by atoms with E-state index < -0.39 is 11.9 Å². The Labute approximate surface area is 136 Å². The van der Waals surface area contributed by atoms with Gasteiger partial charge in [-0.3, -0.25) is 19.4 Å². The standard InChI is InChI=1S/C14H28N2O7/c1-15(11-13(17)18)3-5-21-7-9-23-10-8-22-6-4-16(2)12-14(19)20/h3-12H2,1-2H3,(H,17,18)(H,19,20). The molecule has 0 saturated heterocycles. The fraction of sp³-hybridized carbons (Fsp3) is 0.857. The van der Waals surface area contributed by atoms with Crippen LogP contribution in [0.4, 0.5) is 0 Å². The Kier molecular flexibility index (Phi) is 13.6. The number of hydrogen-bond acceptors (Lipinski definition) is 7. The third kappa shape index (κ3) is 16.9. The fourth-order valence-electron chi connectivity index (χ4n) is 1.60. The quantitative estimate of drug-likeness (QED) is 0.345. The topological polar surface area (TPSA) is 109 Å². The molecule has 0 heterocycles. The summed E-state index contributed by atoms with van der Waals surface area (Å²) in [5.74, 6) is -1.71. The van der Waals surface area contributed by atoms with Gasteiger partial charge in [0.05, 0.1) is 52.7 Å². The predicted molar refractivity (Wildman–Crippen MR) is 82.7 cm³/mol. The molecule has 0 aliphatic heterocycles. The van der Waals surface area contributed by atoms with Gasteiger partial charge in [0, 0.05) is 13.1 Å². The summed E-state index contributed by atoms with van der Waals surface area (Å²) in [6.45, 7) is 3.82. The maximum Gasteiger partial charge on any atom is 0.317 e. The summed E-state index contributed by atoms with van der Waals surface area (Å²) in [6, 6.07) is 0. The van der Waals surface area contributed by atoms with Crippen LogP contribution in [0.1, 0.15) is 0 Å². The number of aliphatic carboxylic acids is 2. The molecule has 0 bridgehead atoms. The van der Waals surface area contributed by atoms with E-state index in [0.29, 0.717) is 52.7 Å². The first kappa shape index (κ1) is 21.7. The van der Waals surface area contributed by atoms with Gasteiger partial charge in [-0.1, -0.05) is 0 Å². The zero-order valence-electron chi connectivity index (χ0n) is 13.9. The molecule has 9 heteroatoms.